The minimum atomic E-state index is -0.575. The van der Waals surface area contributed by atoms with E-state index >= 15 is 0 Å². The van der Waals surface area contributed by atoms with Crippen LogP contribution in [0.2, 0.25) is 0 Å². The number of nitrogens with one attached hydrogen (secondary N) is 2. The highest BCUT2D eigenvalue weighted by atomic mass is 16.6. The number of rotatable bonds is 5. The highest BCUT2D eigenvalue weighted by Gasteiger charge is 2.16. The van der Waals surface area contributed by atoms with Crippen LogP contribution >= 0.6 is 0 Å². The van der Waals surface area contributed by atoms with Crippen molar-refractivity contribution in [2.45, 2.75) is 26.4 Å². The quantitative estimate of drug-likeness (QED) is 0.588. The number of nitro groups is 1. The molecule has 0 spiro atoms. The van der Waals surface area contributed by atoms with Crippen LogP contribution in [-0.2, 0) is 4.74 Å². The summed E-state index contributed by atoms with van der Waals surface area (Å²) in [6.07, 6.45) is -0.541. The molecule has 0 saturated carbocycles. The molecule has 0 aromatic heterocycles. The van der Waals surface area contributed by atoms with Gasteiger partial charge in [0.2, 0.25) is 0 Å². The van der Waals surface area contributed by atoms with E-state index in [1.807, 2.05) is 0 Å². The van der Waals surface area contributed by atoms with Crippen LogP contribution < -0.4 is 15.4 Å². The van der Waals surface area contributed by atoms with Crippen molar-refractivity contribution < 1.29 is 19.2 Å². The van der Waals surface area contributed by atoms with E-state index in [9.17, 15) is 14.9 Å². The second-order valence-corrected chi connectivity index (χ2v) is 6.44. The molecule has 2 rings (SSSR count). The number of nitro benzene ring substituents is 1. The average Bonchev–Trinajstić information content (AvgIpc) is 2.54. The van der Waals surface area contributed by atoms with Gasteiger partial charge in [0.15, 0.2) is 0 Å². The monoisotopic (exact) mass is 359 g/mol. The fraction of sp³-hybridized carbons (Fsp3) is 0.278. The second kappa shape index (κ2) is 7.73. The summed E-state index contributed by atoms with van der Waals surface area (Å²) in [6, 6.07) is 11.1. The highest BCUT2D eigenvalue weighted by molar-refractivity contribution is 5.84. The molecule has 0 fully saturated rings. The maximum Gasteiger partial charge on any atom is 0.412 e. The number of carbonyl (C=O) groups excluding carboxylic acids is 1. The number of hydrogen-bond donors (Lipinski definition) is 2. The Kier molecular flexibility index (Phi) is 5.66. The molecule has 0 atom stereocenters. The van der Waals surface area contributed by atoms with Crippen molar-refractivity contribution in [1.29, 1.82) is 0 Å². The van der Waals surface area contributed by atoms with Gasteiger partial charge in [-0.3, -0.25) is 15.4 Å². The van der Waals surface area contributed by atoms with Crippen LogP contribution in [0.25, 0.3) is 0 Å². The molecule has 0 radical (unpaired) electrons. The molecule has 2 aromatic rings. The van der Waals surface area contributed by atoms with E-state index in [4.69, 9.17) is 9.47 Å². The minimum absolute atomic E-state index is 0.0308. The molecule has 26 heavy (non-hydrogen) atoms. The zero-order chi connectivity index (χ0) is 19.3. The predicted molar refractivity (Wildman–Crippen MR) is 99.0 cm³/mol. The van der Waals surface area contributed by atoms with E-state index in [1.165, 1.54) is 12.1 Å². The van der Waals surface area contributed by atoms with E-state index < -0.39 is 16.6 Å². The summed E-state index contributed by atoms with van der Waals surface area (Å²) in [5.41, 5.74) is 0.312. The Bertz CT molecular complexity index is 797. The lowest BCUT2D eigenvalue weighted by atomic mass is 10.2. The molecule has 2 aromatic carbocycles. The van der Waals surface area contributed by atoms with Crippen LogP contribution in [0.1, 0.15) is 20.8 Å². The first kappa shape index (κ1) is 19.0. The average molecular weight is 359 g/mol. The molecule has 1 amide bonds. The van der Waals surface area contributed by atoms with E-state index in [1.54, 1.807) is 58.2 Å². The summed E-state index contributed by atoms with van der Waals surface area (Å²) in [6.45, 7) is 5.35. The summed E-state index contributed by atoms with van der Waals surface area (Å²) in [4.78, 5) is 22.2. The molecular formula is C18H21N3O5. The number of benzene rings is 2. The van der Waals surface area contributed by atoms with Crippen molar-refractivity contribution in [3.63, 3.8) is 0 Å². The van der Waals surface area contributed by atoms with Crippen molar-refractivity contribution >= 4 is 23.2 Å². The van der Waals surface area contributed by atoms with Gasteiger partial charge in [-0.15, -0.1) is 0 Å². The molecule has 0 saturated heterocycles. The number of anilines is 2. The Balaban J connectivity index is 2.05. The maximum atomic E-state index is 11.7. The van der Waals surface area contributed by atoms with Crippen LogP contribution in [0.15, 0.2) is 42.5 Å². The molecule has 0 aliphatic heterocycles. The Labute approximate surface area is 151 Å². The van der Waals surface area contributed by atoms with Crippen LogP contribution in [0.4, 0.5) is 21.9 Å². The molecule has 2 N–H and O–H groups in total. The molecule has 8 heteroatoms. The zero-order valence-electron chi connectivity index (χ0n) is 15.0. The number of carbonyl (C=O) groups is 1. The largest absolute Gasteiger partial charge is 0.457 e. The lowest BCUT2D eigenvalue weighted by molar-refractivity contribution is -0.384. The summed E-state index contributed by atoms with van der Waals surface area (Å²) >= 11 is 0. The van der Waals surface area contributed by atoms with Crippen molar-refractivity contribution in [3.8, 4) is 11.5 Å². The molecule has 0 aliphatic rings. The van der Waals surface area contributed by atoms with Gasteiger partial charge in [-0.05, 0) is 51.1 Å². The molecule has 0 unspecified atom stereocenters. The fourth-order valence-electron chi connectivity index (χ4n) is 2.10. The van der Waals surface area contributed by atoms with E-state index in [2.05, 4.69) is 10.6 Å². The van der Waals surface area contributed by atoms with E-state index in [-0.39, 0.29) is 5.69 Å². The smallest absolute Gasteiger partial charge is 0.412 e. The van der Waals surface area contributed by atoms with Gasteiger partial charge in [0.05, 0.1) is 4.92 Å². The second-order valence-electron chi connectivity index (χ2n) is 6.44. The van der Waals surface area contributed by atoms with Gasteiger partial charge in [-0.25, -0.2) is 4.79 Å². The Morgan fingerprint density at radius 2 is 1.69 bits per heavy atom. The predicted octanol–water partition coefficient (Wildman–Crippen LogP) is 4.78. The number of ether oxygens (including phenoxy) is 2. The third kappa shape index (κ3) is 5.37. The fourth-order valence-corrected chi connectivity index (χ4v) is 2.10. The van der Waals surface area contributed by atoms with Gasteiger partial charge in [0, 0.05) is 24.9 Å². The normalized spacial score (nSPS) is 10.8. The third-order valence-electron chi connectivity index (χ3n) is 3.17. The van der Waals surface area contributed by atoms with Gasteiger partial charge in [-0.2, -0.15) is 0 Å². The van der Waals surface area contributed by atoms with Gasteiger partial charge in [0.25, 0.3) is 5.69 Å². The summed E-state index contributed by atoms with van der Waals surface area (Å²) in [7, 11) is 1.60. The molecule has 8 nitrogen and oxygen atoms in total. The summed E-state index contributed by atoms with van der Waals surface area (Å²) in [5, 5.41) is 16.3. The lowest BCUT2D eigenvalue weighted by Crippen LogP contribution is -2.27. The van der Waals surface area contributed by atoms with Crippen molar-refractivity contribution in [2.24, 2.45) is 0 Å². The SMILES string of the molecule is CNc1cc(Oc2ccc(NC(=O)OC(C)(C)C)cc2)ccc1[N+](=O)[O-]. The summed E-state index contributed by atoms with van der Waals surface area (Å²) in [5.74, 6) is 0.975. The first-order valence-corrected chi connectivity index (χ1v) is 7.92. The number of nitrogens with zero attached hydrogens (tertiary/aromatic N) is 1. The Hall–Kier alpha value is -3.29. The molecule has 0 heterocycles. The highest BCUT2D eigenvalue weighted by Crippen LogP contribution is 2.31. The maximum absolute atomic E-state index is 11.7. The van der Waals surface area contributed by atoms with Gasteiger partial charge >= 0.3 is 6.09 Å². The van der Waals surface area contributed by atoms with E-state index in [0.29, 0.717) is 22.9 Å². The third-order valence-corrected chi connectivity index (χ3v) is 3.17. The van der Waals surface area contributed by atoms with Gasteiger partial charge in [-0.1, -0.05) is 0 Å². The molecule has 138 valence electrons. The molecular weight excluding hydrogens is 338 g/mol. The first-order valence-electron chi connectivity index (χ1n) is 7.92. The number of hydrogen-bond acceptors (Lipinski definition) is 6. The minimum Gasteiger partial charge on any atom is -0.457 e. The van der Waals surface area contributed by atoms with Crippen LogP contribution in [0, 0.1) is 10.1 Å². The van der Waals surface area contributed by atoms with Gasteiger partial charge < -0.3 is 14.8 Å². The lowest BCUT2D eigenvalue weighted by Gasteiger charge is -2.19. The Morgan fingerprint density at radius 1 is 1.08 bits per heavy atom. The first-order chi connectivity index (χ1) is 12.2. The standard InChI is InChI=1S/C18H21N3O5/c1-18(2,3)26-17(22)20-12-5-7-13(8-6-12)25-14-9-10-16(21(23)24)15(11-14)19-4/h5-11,19H,1-4H3,(H,20,22). The van der Waals surface area contributed by atoms with Crippen molar-refractivity contribution in [1.82, 2.24) is 0 Å². The summed E-state index contributed by atoms with van der Waals surface area (Å²) < 4.78 is 10.9. The van der Waals surface area contributed by atoms with Crippen LogP contribution in [0.3, 0.4) is 0 Å². The molecule has 0 bridgehead atoms. The number of amides is 1. The van der Waals surface area contributed by atoms with Crippen LogP contribution in [-0.4, -0.2) is 23.7 Å². The topological polar surface area (TPSA) is 103 Å². The molecule has 0 aliphatic carbocycles. The zero-order valence-corrected chi connectivity index (χ0v) is 15.0. The van der Waals surface area contributed by atoms with Crippen molar-refractivity contribution in [2.75, 3.05) is 17.7 Å². The van der Waals surface area contributed by atoms with Gasteiger partial charge in [0.1, 0.15) is 22.8 Å². The van der Waals surface area contributed by atoms with Crippen molar-refractivity contribution in [3.05, 3.63) is 52.6 Å². The Morgan fingerprint density at radius 3 is 2.23 bits per heavy atom. The van der Waals surface area contributed by atoms with Crippen LogP contribution in [0.5, 0.6) is 11.5 Å². The van der Waals surface area contributed by atoms with E-state index in [0.717, 1.165) is 0 Å².